The van der Waals surface area contributed by atoms with Crippen LogP contribution in [0.1, 0.15) is 25.7 Å². The first-order chi connectivity index (χ1) is 6.77. The Balaban J connectivity index is 2.26. The molecule has 0 bridgehead atoms. The lowest BCUT2D eigenvalue weighted by Gasteiger charge is -2.23. The van der Waals surface area contributed by atoms with E-state index in [0.29, 0.717) is 25.7 Å². The normalized spacial score (nSPS) is 26.9. The number of hydrogen-bond donors (Lipinski definition) is 0. The van der Waals surface area contributed by atoms with Gasteiger partial charge in [-0.25, -0.2) is 5.11 Å². The smallest absolute Gasteiger partial charge is 0.309 e. The van der Waals surface area contributed by atoms with E-state index in [-0.39, 0.29) is 31.0 Å². The Morgan fingerprint density at radius 3 is 2.43 bits per heavy atom. The van der Waals surface area contributed by atoms with Crippen molar-refractivity contribution in [3.8, 4) is 0 Å². The highest BCUT2D eigenvalue weighted by atomic mass is 16.5. The van der Waals surface area contributed by atoms with Crippen molar-refractivity contribution in [1.82, 2.24) is 0 Å². The first kappa shape index (κ1) is 11.2. The molecule has 0 unspecified atom stereocenters. The van der Waals surface area contributed by atoms with Gasteiger partial charge in [-0.05, 0) is 25.7 Å². The number of rotatable bonds is 4. The summed E-state index contributed by atoms with van der Waals surface area (Å²) in [6.45, 7) is -0.429. The Labute approximate surface area is 83.2 Å². The fourth-order valence-electron chi connectivity index (χ4n) is 1.71. The maximum Gasteiger partial charge on any atom is 0.309 e. The molecule has 0 aromatic heterocycles. The highest BCUT2D eigenvalue weighted by Gasteiger charge is 2.27. The molecule has 0 spiro atoms. The van der Waals surface area contributed by atoms with E-state index in [1.807, 2.05) is 6.29 Å². The van der Waals surface area contributed by atoms with Crippen molar-refractivity contribution in [1.29, 1.82) is 0 Å². The zero-order valence-corrected chi connectivity index (χ0v) is 8.03. The van der Waals surface area contributed by atoms with Gasteiger partial charge >= 0.3 is 5.97 Å². The Bertz CT molecular complexity index is 194. The third-order valence-electron chi connectivity index (χ3n) is 2.55. The largest absolute Gasteiger partial charge is 0.463 e. The SMILES string of the molecule is [O]CCOC(=O)C1CCC([C]=O)CC1. The number of hydrogen-bond acceptors (Lipinski definition) is 3. The second-order valence-electron chi connectivity index (χ2n) is 3.54. The Morgan fingerprint density at radius 2 is 1.93 bits per heavy atom. The van der Waals surface area contributed by atoms with Gasteiger partial charge in [0.25, 0.3) is 0 Å². The average molecular weight is 198 g/mol. The molecule has 78 valence electrons. The summed E-state index contributed by atoms with van der Waals surface area (Å²) in [5.41, 5.74) is 0. The standard InChI is InChI=1S/C10H14O4/c11-5-6-14-10(13)9-3-1-8(7-12)2-4-9/h8-9H,1-6H2. The maximum absolute atomic E-state index is 11.3. The minimum atomic E-state index is -0.386. The quantitative estimate of drug-likeness (QED) is 0.630. The molecule has 0 aromatic rings. The summed E-state index contributed by atoms with van der Waals surface area (Å²) >= 11 is 0. The van der Waals surface area contributed by atoms with Gasteiger partial charge in [-0.1, -0.05) is 0 Å². The van der Waals surface area contributed by atoms with Crippen LogP contribution >= 0.6 is 0 Å². The van der Waals surface area contributed by atoms with Crippen LogP contribution in [0.4, 0.5) is 0 Å². The molecule has 0 aliphatic heterocycles. The van der Waals surface area contributed by atoms with Crippen LogP contribution in [0.2, 0.25) is 0 Å². The van der Waals surface area contributed by atoms with Crippen molar-refractivity contribution in [3.05, 3.63) is 0 Å². The van der Waals surface area contributed by atoms with E-state index in [9.17, 15) is 14.7 Å². The molecule has 1 aliphatic carbocycles. The van der Waals surface area contributed by atoms with Crippen molar-refractivity contribution in [2.24, 2.45) is 11.8 Å². The minimum Gasteiger partial charge on any atom is -0.463 e. The van der Waals surface area contributed by atoms with E-state index < -0.39 is 0 Å². The molecule has 0 atom stereocenters. The summed E-state index contributed by atoms with van der Waals surface area (Å²) in [6.07, 6.45) is 4.73. The zero-order chi connectivity index (χ0) is 10.4. The molecule has 0 N–H and O–H groups in total. The Hall–Kier alpha value is -0.900. The Kier molecular flexibility index (Phi) is 4.59. The van der Waals surface area contributed by atoms with E-state index >= 15 is 0 Å². The molecular formula is C10H14O4. The lowest BCUT2D eigenvalue weighted by Crippen LogP contribution is -2.24. The van der Waals surface area contributed by atoms with Gasteiger partial charge in [0.1, 0.15) is 13.2 Å². The van der Waals surface area contributed by atoms with Gasteiger partial charge in [-0.15, -0.1) is 0 Å². The van der Waals surface area contributed by atoms with Gasteiger partial charge in [-0.3, -0.25) is 9.59 Å². The van der Waals surface area contributed by atoms with Gasteiger partial charge in [0.2, 0.25) is 6.29 Å². The summed E-state index contributed by atoms with van der Waals surface area (Å²) in [6, 6.07) is 0. The topological polar surface area (TPSA) is 63.3 Å². The first-order valence-corrected chi connectivity index (χ1v) is 4.90. The highest BCUT2D eigenvalue weighted by Crippen LogP contribution is 2.28. The van der Waals surface area contributed by atoms with Gasteiger partial charge in [-0.2, -0.15) is 0 Å². The van der Waals surface area contributed by atoms with Crippen LogP contribution in [0.25, 0.3) is 0 Å². The lowest BCUT2D eigenvalue weighted by atomic mass is 9.83. The van der Waals surface area contributed by atoms with Crippen molar-refractivity contribution in [2.45, 2.75) is 25.7 Å². The second-order valence-corrected chi connectivity index (χ2v) is 3.54. The molecule has 4 heteroatoms. The van der Waals surface area contributed by atoms with E-state index in [1.54, 1.807) is 0 Å². The third kappa shape index (κ3) is 3.10. The van der Waals surface area contributed by atoms with Crippen LogP contribution in [0.5, 0.6) is 0 Å². The second kappa shape index (κ2) is 5.75. The first-order valence-electron chi connectivity index (χ1n) is 4.90. The molecule has 0 amide bonds. The highest BCUT2D eigenvalue weighted by molar-refractivity contribution is 5.72. The molecule has 0 heterocycles. The minimum absolute atomic E-state index is 0.0152. The monoisotopic (exact) mass is 198 g/mol. The molecule has 1 rings (SSSR count). The Morgan fingerprint density at radius 1 is 1.29 bits per heavy atom. The zero-order valence-electron chi connectivity index (χ0n) is 8.03. The van der Waals surface area contributed by atoms with Gasteiger partial charge < -0.3 is 4.74 Å². The number of carbonyl (C=O) groups is 1. The van der Waals surface area contributed by atoms with Crippen molar-refractivity contribution in [2.75, 3.05) is 13.2 Å². The van der Waals surface area contributed by atoms with Gasteiger partial charge in [0, 0.05) is 5.92 Å². The summed E-state index contributed by atoms with van der Waals surface area (Å²) in [5, 5.41) is 10.1. The predicted molar refractivity (Wildman–Crippen MR) is 47.7 cm³/mol. The van der Waals surface area contributed by atoms with Gasteiger partial charge in [0.15, 0.2) is 0 Å². The van der Waals surface area contributed by atoms with Crippen molar-refractivity contribution < 1.29 is 19.4 Å². The fourth-order valence-corrected chi connectivity index (χ4v) is 1.71. The van der Waals surface area contributed by atoms with Crippen LogP contribution in [-0.2, 0) is 19.4 Å². The molecule has 14 heavy (non-hydrogen) atoms. The molecule has 2 radical (unpaired) electrons. The summed E-state index contributed by atoms with van der Waals surface area (Å²) in [4.78, 5) is 21.6. The molecular weight excluding hydrogens is 184 g/mol. The average Bonchev–Trinajstić information content (AvgIpc) is 2.26. The fraction of sp³-hybridized carbons (Fsp3) is 0.800. The summed E-state index contributed by atoms with van der Waals surface area (Å²) in [7, 11) is 0. The molecule has 0 aromatic carbocycles. The van der Waals surface area contributed by atoms with E-state index in [4.69, 9.17) is 4.74 Å². The van der Waals surface area contributed by atoms with Crippen LogP contribution in [0.3, 0.4) is 0 Å². The van der Waals surface area contributed by atoms with Gasteiger partial charge in [0.05, 0.1) is 5.92 Å². The van der Waals surface area contributed by atoms with E-state index in [0.717, 1.165) is 0 Å². The van der Waals surface area contributed by atoms with E-state index in [1.165, 1.54) is 0 Å². The number of ether oxygens (including phenoxy) is 1. The molecule has 1 saturated carbocycles. The third-order valence-corrected chi connectivity index (χ3v) is 2.55. The molecule has 1 fully saturated rings. The number of esters is 1. The van der Waals surface area contributed by atoms with Crippen LogP contribution in [0.15, 0.2) is 0 Å². The lowest BCUT2D eigenvalue weighted by molar-refractivity contribution is -0.151. The summed E-state index contributed by atoms with van der Waals surface area (Å²) < 4.78 is 4.75. The van der Waals surface area contributed by atoms with Crippen LogP contribution < -0.4 is 0 Å². The predicted octanol–water partition coefficient (Wildman–Crippen LogP) is 0.876. The van der Waals surface area contributed by atoms with E-state index in [2.05, 4.69) is 0 Å². The van der Waals surface area contributed by atoms with Crippen molar-refractivity contribution in [3.63, 3.8) is 0 Å². The van der Waals surface area contributed by atoms with Crippen molar-refractivity contribution >= 4 is 12.3 Å². The maximum atomic E-state index is 11.3. The molecule has 0 saturated heterocycles. The van der Waals surface area contributed by atoms with Crippen LogP contribution in [-0.4, -0.2) is 25.5 Å². The molecule has 4 nitrogen and oxygen atoms in total. The molecule has 1 aliphatic rings. The number of carbonyl (C=O) groups excluding carboxylic acids is 2. The van der Waals surface area contributed by atoms with Crippen LogP contribution in [0, 0.1) is 11.8 Å². The summed E-state index contributed by atoms with van der Waals surface area (Å²) in [5.74, 6) is -0.421.